The van der Waals surface area contributed by atoms with Crippen LogP contribution in [0.5, 0.6) is 0 Å². The maximum atomic E-state index is 11.1. The monoisotopic (exact) mass is 209 g/mol. The quantitative estimate of drug-likeness (QED) is 0.549. The molecule has 72 valence electrons. The van der Waals surface area contributed by atoms with Crippen molar-refractivity contribution in [3.63, 3.8) is 0 Å². The summed E-state index contributed by atoms with van der Waals surface area (Å²) in [5.41, 5.74) is 0. The van der Waals surface area contributed by atoms with Gasteiger partial charge >= 0.3 is 0 Å². The molecule has 0 heterocycles. The lowest BCUT2D eigenvalue weighted by molar-refractivity contribution is 0.406. The second kappa shape index (κ2) is 3.98. The van der Waals surface area contributed by atoms with E-state index in [1.54, 1.807) is 0 Å². The first-order chi connectivity index (χ1) is 5.55. The Hall–Kier alpha value is 0.260. The third kappa shape index (κ3) is 2.95. The Balaban J connectivity index is 2.49. The zero-order chi connectivity index (χ0) is 9.19. The molecule has 0 bridgehead atoms. The first-order valence-corrected chi connectivity index (χ1v) is 6.79. The standard InChI is InChI=1S/C7H15NO2S2/c1-2-3-6-8(7-4-5-7)12(9,10)11/h7H,2-6H2,1H3,(H,9,10,11). The lowest BCUT2D eigenvalue weighted by Gasteiger charge is -2.17. The molecular weight excluding hydrogens is 194 g/mol. The second-order valence-corrected chi connectivity index (χ2v) is 5.92. The zero-order valence-electron chi connectivity index (χ0n) is 7.23. The molecule has 3 nitrogen and oxygen atoms in total. The maximum absolute atomic E-state index is 11.1. The van der Waals surface area contributed by atoms with E-state index in [0.717, 1.165) is 25.7 Å². The SMILES string of the molecule is CCCCN(C1CC1)S(=O)(=O)S. The maximum Gasteiger partial charge on any atom is 0.264 e. The summed E-state index contributed by atoms with van der Waals surface area (Å²) < 4.78 is 23.7. The van der Waals surface area contributed by atoms with Gasteiger partial charge in [0.05, 0.1) is 0 Å². The van der Waals surface area contributed by atoms with Gasteiger partial charge in [0.25, 0.3) is 9.06 Å². The Morgan fingerprint density at radius 1 is 1.50 bits per heavy atom. The molecular formula is C7H15NO2S2. The number of thiol groups is 1. The number of hydrogen-bond acceptors (Lipinski definition) is 2. The Bertz CT molecular complexity index is 234. The average Bonchev–Trinajstić information content (AvgIpc) is 2.69. The van der Waals surface area contributed by atoms with Gasteiger partial charge < -0.3 is 0 Å². The van der Waals surface area contributed by atoms with Crippen LogP contribution < -0.4 is 0 Å². The van der Waals surface area contributed by atoms with Crippen LogP contribution >= 0.6 is 11.7 Å². The molecule has 0 spiro atoms. The van der Waals surface area contributed by atoms with E-state index >= 15 is 0 Å². The highest BCUT2D eigenvalue weighted by Gasteiger charge is 2.34. The van der Waals surface area contributed by atoms with Crippen LogP contribution in [0, 0.1) is 0 Å². The molecule has 0 N–H and O–H groups in total. The van der Waals surface area contributed by atoms with Crippen molar-refractivity contribution >= 4 is 20.7 Å². The van der Waals surface area contributed by atoms with Crippen LogP contribution in [-0.2, 0) is 9.06 Å². The molecule has 0 saturated heterocycles. The number of unbranched alkanes of at least 4 members (excludes halogenated alkanes) is 1. The highest BCUT2D eigenvalue weighted by atomic mass is 33.1. The van der Waals surface area contributed by atoms with E-state index < -0.39 is 9.06 Å². The first kappa shape index (κ1) is 10.3. The van der Waals surface area contributed by atoms with Crippen LogP contribution in [0.2, 0.25) is 0 Å². The van der Waals surface area contributed by atoms with Gasteiger partial charge in [-0.3, -0.25) is 0 Å². The Kier molecular flexibility index (Phi) is 3.43. The summed E-state index contributed by atoms with van der Waals surface area (Å²) in [5.74, 6) is 0. The molecule has 1 aliphatic carbocycles. The van der Waals surface area contributed by atoms with Gasteiger partial charge in [0, 0.05) is 12.6 Å². The van der Waals surface area contributed by atoms with Crippen molar-refractivity contribution in [2.75, 3.05) is 6.54 Å². The normalized spacial score (nSPS) is 18.6. The minimum atomic E-state index is -3.25. The molecule has 1 aliphatic rings. The van der Waals surface area contributed by atoms with Crippen molar-refractivity contribution in [1.82, 2.24) is 4.31 Å². The fourth-order valence-corrected chi connectivity index (χ4v) is 2.76. The predicted octanol–water partition coefficient (Wildman–Crippen LogP) is 1.43. The smallest absolute Gasteiger partial charge is 0.201 e. The predicted molar refractivity (Wildman–Crippen MR) is 52.5 cm³/mol. The molecule has 0 aromatic heterocycles. The zero-order valence-corrected chi connectivity index (χ0v) is 8.94. The third-order valence-electron chi connectivity index (χ3n) is 1.98. The Labute approximate surface area is 79.0 Å². The highest BCUT2D eigenvalue weighted by molar-refractivity contribution is 8.62. The summed E-state index contributed by atoms with van der Waals surface area (Å²) in [4.78, 5) is 0. The van der Waals surface area contributed by atoms with Gasteiger partial charge in [0.15, 0.2) is 0 Å². The second-order valence-electron chi connectivity index (χ2n) is 3.17. The minimum absolute atomic E-state index is 0.249. The van der Waals surface area contributed by atoms with Crippen molar-refractivity contribution in [3.8, 4) is 0 Å². The molecule has 0 aromatic carbocycles. The van der Waals surface area contributed by atoms with Crippen LogP contribution in [0.3, 0.4) is 0 Å². The molecule has 0 radical (unpaired) electrons. The van der Waals surface area contributed by atoms with E-state index in [-0.39, 0.29) is 6.04 Å². The van der Waals surface area contributed by atoms with Gasteiger partial charge in [-0.05, 0) is 30.9 Å². The van der Waals surface area contributed by atoms with Gasteiger partial charge in [-0.2, -0.15) is 4.31 Å². The van der Waals surface area contributed by atoms with Crippen LogP contribution in [0.25, 0.3) is 0 Å². The van der Waals surface area contributed by atoms with Crippen molar-refractivity contribution in [1.29, 1.82) is 0 Å². The molecule has 1 saturated carbocycles. The lowest BCUT2D eigenvalue weighted by atomic mass is 10.3. The molecule has 5 heteroatoms. The summed E-state index contributed by atoms with van der Waals surface area (Å²) in [6, 6.07) is 0.249. The van der Waals surface area contributed by atoms with Gasteiger partial charge in [0.1, 0.15) is 0 Å². The van der Waals surface area contributed by atoms with Gasteiger partial charge in [-0.1, -0.05) is 13.3 Å². The largest absolute Gasteiger partial charge is 0.264 e. The van der Waals surface area contributed by atoms with Gasteiger partial charge in [0.2, 0.25) is 0 Å². The van der Waals surface area contributed by atoms with E-state index in [1.807, 2.05) is 0 Å². The first-order valence-electron chi connectivity index (χ1n) is 4.30. The molecule has 1 fully saturated rings. The van der Waals surface area contributed by atoms with E-state index in [9.17, 15) is 8.42 Å². The summed E-state index contributed by atoms with van der Waals surface area (Å²) in [6.07, 6.45) is 3.95. The van der Waals surface area contributed by atoms with Crippen molar-refractivity contribution in [2.45, 2.75) is 38.6 Å². The van der Waals surface area contributed by atoms with E-state index in [0.29, 0.717) is 6.54 Å². The molecule has 1 rings (SSSR count). The Morgan fingerprint density at radius 2 is 2.08 bits per heavy atom. The number of nitrogens with zero attached hydrogens (tertiary/aromatic N) is 1. The number of hydrogen-bond donors (Lipinski definition) is 1. The lowest BCUT2D eigenvalue weighted by Crippen LogP contribution is -2.30. The molecule has 12 heavy (non-hydrogen) atoms. The molecule has 0 atom stereocenters. The summed E-state index contributed by atoms with van der Waals surface area (Å²) >= 11 is 3.60. The topological polar surface area (TPSA) is 37.4 Å². The van der Waals surface area contributed by atoms with E-state index in [1.165, 1.54) is 4.31 Å². The van der Waals surface area contributed by atoms with Crippen LogP contribution in [0.1, 0.15) is 32.6 Å². The van der Waals surface area contributed by atoms with Crippen molar-refractivity contribution in [2.24, 2.45) is 0 Å². The van der Waals surface area contributed by atoms with Crippen LogP contribution in [0.15, 0.2) is 0 Å². The number of rotatable bonds is 5. The summed E-state index contributed by atoms with van der Waals surface area (Å²) in [6.45, 7) is 2.68. The molecule has 0 amide bonds. The van der Waals surface area contributed by atoms with E-state index in [2.05, 4.69) is 18.6 Å². The van der Waals surface area contributed by atoms with E-state index in [4.69, 9.17) is 0 Å². The van der Waals surface area contributed by atoms with Gasteiger partial charge in [-0.15, -0.1) is 0 Å². The summed E-state index contributed by atoms with van der Waals surface area (Å²) in [5, 5.41) is 0. The minimum Gasteiger partial charge on any atom is -0.201 e. The van der Waals surface area contributed by atoms with Crippen LogP contribution in [0.4, 0.5) is 0 Å². The molecule has 0 unspecified atom stereocenters. The molecule has 0 aromatic rings. The molecule has 0 aliphatic heterocycles. The van der Waals surface area contributed by atoms with Crippen molar-refractivity contribution < 1.29 is 8.42 Å². The van der Waals surface area contributed by atoms with Crippen LogP contribution in [-0.4, -0.2) is 25.3 Å². The van der Waals surface area contributed by atoms with Gasteiger partial charge in [-0.25, -0.2) is 8.42 Å². The van der Waals surface area contributed by atoms with Crippen molar-refractivity contribution in [3.05, 3.63) is 0 Å². The highest BCUT2D eigenvalue weighted by Crippen LogP contribution is 2.30. The fourth-order valence-electron chi connectivity index (χ4n) is 1.16. The third-order valence-corrected chi connectivity index (χ3v) is 3.69. The average molecular weight is 209 g/mol. The fraction of sp³-hybridized carbons (Fsp3) is 1.00. The summed E-state index contributed by atoms with van der Waals surface area (Å²) in [7, 11) is -3.25. The Morgan fingerprint density at radius 3 is 2.42 bits per heavy atom.